The summed E-state index contributed by atoms with van der Waals surface area (Å²) in [7, 11) is -2.88. The highest BCUT2D eigenvalue weighted by molar-refractivity contribution is 6.85. The molecule has 0 saturated heterocycles. The van der Waals surface area contributed by atoms with E-state index in [-0.39, 0.29) is 0 Å². The number of fused-ring (bicyclic) bond motifs is 1. The van der Waals surface area contributed by atoms with Gasteiger partial charge in [0.1, 0.15) is 0 Å². The van der Waals surface area contributed by atoms with Crippen LogP contribution in [0.4, 0.5) is 0 Å². The van der Waals surface area contributed by atoms with E-state index in [9.17, 15) is 0 Å². The maximum atomic E-state index is 6.69. The van der Waals surface area contributed by atoms with Gasteiger partial charge in [-0.05, 0) is 74.8 Å². The maximum Gasteiger partial charge on any atom is 0.176 e. The van der Waals surface area contributed by atoms with E-state index in [1.54, 1.807) is 12.8 Å². The number of rotatable bonds is 6. The maximum absolute atomic E-state index is 6.69. The molecule has 1 nitrogen and oxygen atoms in total. The van der Waals surface area contributed by atoms with E-state index in [1.165, 1.54) is 25.3 Å². The van der Waals surface area contributed by atoms with Crippen LogP contribution in [0.3, 0.4) is 0 Å². The van der Waals surface area contributed by atoms with E-state index < -0.39 is 16.6 Å². The highest BCUT2D eigenvalue weighted by Gasteiger charge is 2.42. The van der Waals surface area contributed by atoms with Crippen LogP contribution in [0.15, 0.2) is 0 Å². The standard InChI is InChI=1S/C16H34OSi2/c1-13(2)19(5,6)17-18(3,4)10-9-14-7-8-15-12-16(15)11-14/h13-16H,7-12H2,1-6H3. The van der Waals surface area contributed by atoms with Gasteiger partial charge in [0, 0.05) is 0 Å². The highest BCUT2D eigenvalue weighted by atomic mass is 28.4. The molecule has 19 heavy (non-hydrogen) atoms. The van der Waals surface area contributed by atoms with Crippen LogP contribution in [0.5, 0.6) is 0 Å². The van der Waals surface area contributed by atoms with Crippen molar-refractivity contribution in [1.29, 1.82) is 0 Å². The average Bonchev–Trinajstić information content (AvgIpc) is 3.03. The smallest absolute Gasteiger partial charge is 0.176 e. The molecule has 0 aromatic heterocycles. The first-order chi connectivity index (χ1) is 8.70. The predicted molar refractivity (Wildman–Crippen MR) is 89.5 cm³/mol. The van der Waals surface area contributed by atoms with Gasteiger partial charge >= 0.3 is 0 Å². The van der Waals surface area contributed by atoms with Crippen molar-refractivity contribution in [2.45, 2.75) is 83.7 Å². The van der Waals surface area contributed by atoms with E-state index in [0.29, 0.717) is 0 Å². The molecule has 3 heteroatoms. The third-order valence-corrected chi connectivity index (χ3v) is 14.3. The quantitative estimate of drug-likeness (QED) is 0.576. The molecule has 0 aromatic rings. The van der Waals surface area contributed by atoms with Gasteiger partial charge < -0.3 is 4.12 Å². The SMILES string of the molecule is CC(C)[Si](C)(C)O[Si](C)(C)CCC1CCC2CC2C1. The zero-order valence-corrected chi connectivity index (χ0v) is 16.0. The van der Waals surface area contributed by atoms with Gasteiger partial charge in [0.15, 0.2) is 16.6 Å². The minimum atomic E-state index is -1.45. The molecule has 2 aliphatic rings. The van der Waals surface area contributed by atoms with Crippen LogP contribution in [-0.2, 0) is 4.12 Å². The molecule has 3 atom stereocenters. The molecule has 3 unspecified atom stereocenters. The summed E-state index contributed by atoms with van der Waals surface area (Å²) < 4.78 is 6.69. The molecule has 0 radical (unpaired) electrons. The first-order valence-electron chi connectivity index (χ1n) is 8.40. The Morgan fingerprint density at radius 3 is 2.26 bits per heavy atom. The van der Waals surface area contributed by atoms with E-state index in [2.05, 4.69) is 40.0 Å². The second kappa shape index (κ2) is 5.65. The monoisotopic (exact) mass is 298 g/mol. The Hall–Kier alpha value is 0.394. The van der Waals surface area contributed by atoms with Crippen LogP contribution >= 0.6 is 0 Å². The minimum Gasteiger partial charge on any atom is -0.455 e. The second-order valence-corrected chi connectivity index (χ2v) is 17.8. The second-order valence-electron chi connectivity index (χ2n) is 8.59. The topological polar surface area (TPSA) is 9.23 Å². The normalized spacial score (nSPS) is 31.4. The van der Waals surface area contributed by atoms with E-state index in [1.807, 2.05) is 0 Å². The molecule has 0 aromatic carbocycles. The van der Waals surface area contributed by atoms with Crippen molar-refractivity contribution < 1.29 is 4.12 Å². The number of hydrogen-bond acceptors (Lipinski definition) is 1. The summed E-state index contributed by atoms with van der Waals surface area (Å²) in [4.78, 5) is 0. The zero-order valence-electron chi connectivity index (χ0n) is 14.0. The van der Waals surface area contributed by atoms with E-state index >= 15 is 0 Å². The average molecular weight is 299 g/mol. The summed E-state index contributed by atoms with van der Waals surface area (Å²) in [6, 6.07) is 1.39. The summed E-state index contributed by atoms with van der Waals surface area (Å²) >= 11 is 0. The van der Waals surface area contributed by atoms with Crippen LogP contribution in [0.1, 0.15) is 46.0 Å². The molecule has 0 spiro atoms. The third-order valence-electron chi connectivity index (χ3n) is 5.74. The first kappa shape index (κ1) is 15.8. The van der Waals surface area contributed by atoms with Gasteiger partial charge in [-0.15, -0.1) is 0 Å². The van der Waals surface area contributed by atoms with Crippen LogP contribution < -0.4 is 0 Å². The molecule has 0 amide bonds. The Morgan fingerprint density at radius 2 is 1.68 bits per heavy atom. The number of hydrogen-bond donors (Lipinski definition) is 0. The molecule has 0 aliphatic heterocycles. The Kier molecular flexibility index (Phi) is 4.69. The fourth-order valence-electron chi connectivity index (χ4n) is 3.64. The van der Waals surface area contributed by atoms with Gasteiger partial charge in [0.25, 0.3) is 0 Å². The van der Waals surface area contributed by atoms with Gasteiger partial charge in [-0.3, -0.25) is 0 Å². The summed E-state index contributed by atoms with van der Waals surface area (Å²) in [5.41, 5.74) is 0.737. The van der Waals surface area contributed by atoms with Crippen LogP contribution in [-0.4, -0.2) is 16.6 Å². The Morgan fingerprint density at radius 1 is 1.00 bits per heavy atom. The van der Waals surface area contributed by atoms with Gasteiger partial charge in [-0.25, -0.2) is 0 Å². The van der Waals surface area contributed by atoms with Crippen molar-refractivity contribution in [3.05, 3.63) is 0 Å². The summed E-state index contributed by atoms with van der Waals surface area (Å²) in [5, 5.41) is 0. The van der Waals surface area contributed by atoms with Crippen molar-refractivity contribution in [3.63, 3.8) is 0 Å². The lowest BCUT2D eigenvalue weighted by atomic mass is 9.87. The largest absolute Gasteiger partial charge is 0.455 e. The molecule has 112 valence electrons. The van der Waals surface area contributed by atoms with Gasteiger partial charge in [-0.1, -0.05) is 26.7 Å². The molecule has 0 N–H and O–H groups in total. The first-order valence-corrected chi connectivity index (χ1v) is 14.5. The third kappa shape index (κ3) is 4.43. The summed E-state index contributed by atoms with van der Waals surface area (Å²) in [5.74, 6) is 3.30. The Labute approximate surface area is 122 Å². The lowest BCUT2D eigenvalue weighted by Gasteiger charge is -2.37. The molecule has 2 rings (SSSR count). The van der Waals surface area contributed by atoms with Gasteiger partial charge in [0.2, 0.25) is 0 Å². The lowest BCUT2D eigenvalue weighted by molar-refractivity contribution is 0.331. The molecule has 2 aliphatic carbocycles. The van der Waals surface area contributed by atoms with E-state index in [4.69, 9.17) is 4.12 Å². The van der Waals surface area contributed by atoms with Crippen molar-refractivity contribution in [3.8, 4) is 0 Å². The van der Waals surface area contributed by atoms with Gasteiger partial charge in [0.05, 0.1) is 0 Å². The lowest BCUT2D eigenvalue weighted by Crippen LogP contribution is -2.46. The summed E-state index contributed by atoms with van der Waals surface area (Å²) in [6.45, 7) is 14.4. The summed E-state index contributed by atoms with van der Waals surface area (Å²) in [6.07, 6.45) is 7.59. The van der Waals surface area contributed by atoms with Crippen LogP contribution in [0.2, 0.25) is 37.8 Å². The molecule has 2 fully saturated rings. The van der Waals surface area contributed by atoms with Crippen LogP contribution in [0, 0.1) is 17.8 Å². The van der Waals surface area contributed by atoms with Gasteiger partial charge in [-0.2, -0.15) is 0 Å². The van der Waals surface area contributed by atoms with Crippen molar-refractivity contribution in [2.75, 3.05) is 0 Å². The van der Waals surface area contributed by atoms with Crippen molar-refractivity contribution in [2.24, 2.45) is 17.8 Å². The fraction of sp³-hybridized carbons (Fsp3) is 1.00. The predicted octanol–water partition coefficient (Wildman–Crippen LogP) is 5.65. The molecule has 2 saturated carbocycles. The Bertz CT molecular complexity index is 312. The Balaban J connectivity index is 1.76. The minimum absolute atomic E-state index is 0.737. The van der Waals surface area contributed by atoms with Crippen molar-refractivity contribution in [1.82, 2.24) is 0 Å². The molecule has 0 heterocycles. The fourth-order valence-corrected chi connectivity index (χ4v) is 11.8. The molecule has 0 bridgehead atoms. The zero-order chi connectivity index (χ0) is 14.3. The molecular weight excluding hydrogens is 264 g/mol. The van der Waals surface area contributed by atoms with E-state index in [0.717, 1.165) is 23.3 Å². The van der Waals surface area contributed by atoms with Crippen LogP contribution in [0.25, 0.3) is 0 Å². The molecular formula is C16H34OSi2. The van der Waals surface area contributed by atoms with Crippen molar-refractivity contribution >= 4 is 16.6 Å². The highest BCUT2D eigenvalue weighted by Crippen LogP contribution is 2.52.